The molecule has 0 aromatic carbocycles. The number of carbonyl (C=O) groups is 2. The van der Waals surface area contributed by atoms with Gasteiger partial charge in [0.15, 0.2) is 12.6 Å². The Bertz CT molecular complexity index is 611. The number of methoxy groups -OCH3 is 1. The van der Waals surface area contributed by atoms with Gasteiger partial charge in [0.05, 0.1) is 44.1 Å². The van der Waals surface area contributed by atoms with Crippen molar-refractivity contribution in [1.29, 1.82) is 0 Å². The van der Waals surface area contributed by atoms with Gasteiger partial charge in [0.25, 0.3) is 0 Å². The second-order valence-electron chi connectivity index (χ2n) is 9.98. The summed E-state index contributed by atoms with van der Waals surface area (Å²) in [7, 11) is 1.38. The van der Waals surface area contributed by atoms with Crippen molar-refractivity contribution in [2.75, 3.05) is 40.1 Å². The van der Waals surface area contributed by atoms with Crippen LogP contribution in [0.25, 0.3) is 0 Å². The van der Waals surface area contributed by atoms with E-state index in [1.165, 1.54) is 7.11 Å². The number of carboxylic acids is 1. The van der Waals surface area contributed by atoms with E-state index in [0.29, 0.717) is 25.7 Å². The fraction of sp³-hybridized carbons (Fsp3) is 0.917. The molecule has 4 atom stereocenters. The number of hydrogen-bond acceptors (Lipinski definition) is 10. The molecule has 5 N–H and O–H groups in total. The van der Waals surface area contributed by atoms with Crippen LogP contribution in [0.1, 0.15) is 66.7 Å². The molecule has 36 heavy (non-hydrogen) atoms. The summed E-state index contributed by atoms with van der Waals surface area (Å²) < 4.78 is 27.6. The van der Waals surface area contributed by atoms with Crippen LogP contribution in [0.2, 0.25) is 0 Å². The maximum atomic E-state index is 11.7. The monoisotopic (exact) mass is 525 g/mol. The number of hydrogen-bond donors (Lipinski definition) is 5. The Morgan fingerprint density at radius 2 is 1.53 bits per heavy atom. The van der Waals surface area contributed by atoms with Crippen molar-refractivity contribution < 1.29 is 53.7 Å². The van der Waals surface area contributed by atoms with Gasteiger partial charge in [-0.05, 0) is 44.9 Å². The van der Waals surface area contributed by atoms with Crippen LogP contribution < -0.4 is 5.32 Å². The van der Waals surface area contributed by atoms with Crippen LogP contribution in [0.4, 0.5) is 4.79 Å². The predicted octanol–water partition coefficient (Wildman–Crippen LogP) is 1.63. The summed E-state index contributed by atoms with van der Waals surface area (Å²) in [6, 6.07) is 0. The normalized spacial score (nSPS) is 15.7. The van der Waals surface area contributed by atoms with Crippen molar-refractivity contribution in [3.8, 4) is 0 Å². The standard InChI is InChI=1S/C24H47NO11/c1-7-17(13-26)34-20(15-28)36-24(4,5)10-9-23(2,3)12-18(14-27)35-21(32-6)16-33-22(31)25-11-8-19(29)30/h17-18,20-21,26-28H,7-16H2,1-6H3,(H,25,31)(H,29,30). The lowest BCUT2D eigenvalue weighted by atomic mass is 9.79. The average Bonchev–Trinajstić information content (AvgIpc) is 2.82. The summed E-state index contributed by atoms with van der Waals surface area (Å²) in [5, 5.41) is 39.7. The molecule has 4 unspecified atom stereocenters. The van der Waals surface area contributed by atoms with Gasteiger partial charge in [-0.1, -0.05) is 20.8 Å². The molecular formula is C24H47NO11. The Morgan fingerprint density at radius 3 is 2.03 bits per heavy atom. The average molecular weight is 526 g/mol. The summed E-state index contributed by atoms with van der Waals surface area (Å²) >= 11 is 0. The highest BCUT2D eigenvalue weighted by Crippen LogP contribution is 2.34. The molecule has 0 aromatic heterocycles. The van der Waals surface area contributed by atoms with E-state index in [0.717, 1.165) is 0 Å². The fourth-order valence-corrected chi connectivity index (χ4v) is 3.36. The number of nitrogens with one attached hydrogen (secondary N) is 1. The largest absolute Gasteiger partial charge is 0.481 e. The van der Waals surface area contributed by atoms with Crippen molar-refractivity contribution in [3.63, 3.8) is 0 Å². The first-order valence-electron chi connectivity index (χ1n) is 12.3. The van der Waals surface area contributed by atoms with Crippen LogP contribution in [0.3, 0.4) is 0 Å². The Morgan fingerprint density at radius 1 is 0.917 bits per heavy atom. The molecule has 1 amide bonds. The Hall–Kier alpha value is -1.54. The van der Waals surface area contributed by atoms with Gasteiger partial charge in [-0.3, -0.25) is 4.79 Å². The van der Waals surface area contributed by atoms with Gasteiger partial charge in [0, 0.05) is 13.7 Å². The second kappa shape index (κ2) is 17.8. The van der Waals surface area contributed by atoms with Crippen molar-refractivity contribution in [2.24, 2.45) is 5.41 Å². The van der Waals surface area contributed by atoms with E-state index in [-0.39, 0.29) is 44.8 Å². The number of aliphatic hydroxyl groups excluding tert-OH is 3. The minimum absolute atomic E-state index is 0.0635. The summed E-state index contributed by atoms with van der Waals surface area (Å²) in [6.45, 7) is 8.67. The molecule has 0 aromatic rings. The molecule has 0 aliphatic heterocycles. The molecule has 0 rings (SSSR count). The summed E-state index contributed by atoms with van der Waals surface area (Å²) in [5.41, 5.74) is -0.890. The lowest BCUT2D eigenvalue weighted by Gasteiger charge is -2.36. The van der Waals surface area contributed by atoms with Crippen molar-refractivity contribution >= 4 is 12.1 Å². The summed E-state index contributed by atoms with van der Waals surface area (Å²) in [6.07, 6.45) is -1.38. The first-order chi connectivity index (χ1) is 16.8. The third-order valence-corrected chi connectivity index (χ3v) is 5.56. The molecule has 0 saturated carbocycles. The van der Waals surface area contributed by atoms with Gasteiger partial charge in [-0.15, -0.1) is 0 Å². The number of carbonyl (C=O) groups excluding carboxylic acids is 1. The summed E-state index contributed by atoms with van der Waals surface area (Å²) in [5.74, 6) is -1.04. The molecular weight excluding hydrogens is 478 g/mol. The molecule has 0 saturated heterocycles. The van der Waals surface area contributed by atoms with Gasteiger partial charge in [0.2, 0.25) is 0 Å². The van der Waals surface area contributed by atoms with Gasteiger partial charge in [-0.2, -0.15) is 0 Å². The van der Waals surface area contributed by atoms with Crippen LogP contribution in [0.15, 0.2) is 0 Å². The molecule has 0 fully saturated rings. The van der Waals surface area contributed by atoms with Crippen molar-refractivity contribution in [2.45, 2.75) is 97.1 Å². The molecule has 0 spiro atoms. The molecule has 0 heterocycles. The molecule has 0 aliphatic carbocycles. The van der Waals surface area contributed by atoms with Gasteiger partial charge >= 0.3 is 12.1 Å². The fourth-order valence-electron chi connectivity index (χ4n) is 3.36. The highest BCUT2D eigenvalue weighted by atomic mass is 16.7. The number of alkyl carbamates (subject to hydrolysis) is 1. The van der Waals surface area contributed by atoms with E-state index < -0.39 is 42.5 Å². The molecule has 0 bridgehead atoms. The Labute approximate surface area is 214 Å². The molecule has 0 radical (unpaired) electrons. The van der Waals surface area contributed by atoms with E-state index >= 15 is 0 Å². The number of aliphatic carboxylic acids is 1. The van der Waals surface area contributed by atoms with E-state index in [2.05, 4.69) is 5.32 Å². The quantitative estimate of drug-likeness (QED) is 0.138. The van der Waals surface area contributed by atoms with Crippen molar-refractivity contribution in [3.05, 3.63) is 0 Å². The van der Waals surface area contributed by atoms with Crippen LogP contribution >= 0.6 is 0 Å². The number of ether oxygens (including phenoxy) is 5. The van der Waals surface area contributed by atoms with Crippen LogP contribution in [-0.4, -0.2) is 103 Å². The van der Waals surface area contributed by atoms with E-state index in [1.54, 1.807) is 0 Å². The Balaban J connectivity index is 4.74. The minimum Gasteiger partial charge on any atom is -0.481 e. The van der Waals surface area contributed by atoms with Gasteiger partial charge in [0.1, 0.15) is 6.61 Å². The van der Waals surface area contributed by atoms with Crippen LogP contribution in [-0.2, 0) is 28.5 Å². The number of aliphatic hydroxyl groups is 3. The zero-order valence-electron chi connectivity index (χ0n) is 22.5. The SMILES string of the molecule is CCC(CO)OC(CO)OC(C)(C)CCC(C)(C)CC(CO)OC(COC(=O)NCCC(=O)O)OC. The zero-order valence-corrected chi connectivity index (χ0v) is 22.5. The second-order valence-corrected chi connectivity index (χ2v) is 9.98. The van der Waals surface area contributed by atoms with Gasteiger partial charge < -0.3 is 49.4 Å². The van der Waals surface area contributed by atoms with Crippen LogP contribution in [0.5, 0.6) is 0 Å². The number of carboxylic acid groups (broad SMARTS) is 1. The van der Waals surface area contributed by atoms with E-state index in [9.17, 15) is 24.9 Å². The molecule has 12 nitrogen and oxygen atoms in total. The lowest BCUT2D eigenvalue weighted by molar-refractivity contribution is -0.240. The minimum atomic E-state index is -1.04. The zero-order chi connectivity index (χ0) is 27.8. The lowest BCUT2D eigenvalue weighted by Crippen LogP contribution is -2.39. The smallest absolute Gasteiger partial charge is 0.407 e. The molecule has 214 valence electrons. The Kier molecular flexibility index (Phi) is 17.1. The topological polar surface area (TPSA) is 173 Å². The van der Waals surface area contributed by atoms with Crippen molar-refractivity contribution in [1.82, 2.24) is 5.32 Å². The predicted molar refractivity (Wildman–Crippen MR) is 130 cm³/mol. The summed E-state index contributed by atoms with van der Waals surface area (Å²) in [4.78, 5) is 22.2. The number of rotatable bonds is 21. The maximum Gasteiger partial charge on any atom is 0.407 e. The first-order valence-corrected chi connectivity index (χ1v) is 12.3. The van der Waals surface area contributed by atoms with E-state index in [1.807, 2.05) is 34.6 Å². The van der Waals surface area contributed by atoms with Gasteiger partial charge in [-0.25, -0.2) is 4.79 Å². The number of amides is 1. The highest BCUT2D eigenvalue weighted by molar-refractivity contribution is 5.70. The first kappa shape index (κ1) is 34.5. The van der Waals surface area contributed by atoms with Crippen LogP contribution in [0, 0.1) is 5.41 Å². The van der Waals surface area contributed by atoms with E-state index in [4.69, 9.17) is 28.8 Å². The third kappa shape index (κ3) is 16.3. The third-order valence-electron chi connectivity index (χ3n) is 5.56. The molecule has 12 heteroatoms. The maximum absolute atomic E-state index is 11.7. The highest BCUT2D eigenvalue weighted by Gasteiger charge is 2.31. The molecule has 0 aliphatic rings.